The molecule has 58 valence electrons. The fourth-order valence-electron chi connectivity index (χ4n) is 0.890. The van der Waals surface area contributed by atoms with E-state index < -0.39 is 16.9 Å². The van der Waals surface area contributed by atoms with Crippen molar-refractivity contribution in [2.24, 2.45) is 0 Å². The maximum absolute atomic E-state index is 11.8. The molecule has 0 saturated carbocycles. The van der Waals surface area contributed by atoms with E-state index in [4.69, 9.17) is 0 Å². The minimum absolute atomic E-state index is 0.194. The van der Waals surface area contributed by atoms with Gasteiger partial charge in [0.15, 0.2) is 0 Å². The molecular weight excluding hydrogens is 158 g/mol. The third-order valence-corrected chi connectivity index (χ3v) is 2.85. The van der Waals surface area contributed by atoms with Gasteiger partial charge in [-0.2, -0.15) is 8.78 Å². The van der Waals surface area contributed by atoms with Crippen molar-refractivity contribution in [3.8, 4) is 0 Å². The molecule has 1 aliphatic heterocycles. The average molecular weight is 166 g/mol. The molecule has 1 rings (SSSR count). The lowest BCUT2D eigenvalue weighted by atomic mass is 10.2. The summed E-state index contributed by atoms with van der Waals surface area (Å²) in [4.78, 5) is 0. The summed E-state index contributed by atoms with van der Waals surface area (Å²) in [6, 6.07) is 0. The number of rotatable bonds is 0. The summed E-state index contributed by atoms with van der Waals surface area (Å²) >= 11 is 0. The van der Waals surface area contributed by atoms with Crippen LogP contribution in [-0.2, 0) is 10.8 Å². The molecule has 0 aromatic heterocycles. The highest BCUT2D eigenvalue weighted by atomic mass is 32.2. The highest BCUT2D eigenvalue weighted by molar-refractivity contribution is 7.85. The summed E-state index contributed by atoms with van der Waals surface area (Å²) < 4.78 is 34.3. The van der Waals surface area contributed by atoms with Crippen molar-refractivity contribution in [1.29, 1.82) is 0 Å². The van der Waals surface area contributed by atoms with Gasteiger partial charge in [0.05, 0.1) is 0 Å². The molecule has 0 N–H and O–H groups in total. The van der Waals surface area contributed by atoms with Gasteiger partial charge in [-0.05, 0) is 18.4 Å². The smallest absolute Gasteiger partial charge is 0.260 e. The molecule has 1 nitrogen and oxygen atoms in total. The van der Waals surface area contributed by atoms with Crippen LogP contribution in [0.25, 0.3) is 0 Å². The van der Waals surface area contributed by atoms with Crippen molar-refractivity contribution in [1.82, 2.24) is 0 Å². The first kappa shape index (κ1) is 7.85. The monoisotopic (exact) mass is 166 g/mol. The molecule has 0 unspecified atom stereocenters. The lowest BCUT2D eigenvalue weighted by molar-refractivity contribution is 0.405. The van der Waals surface area contributed by atoms with Gasteiger partial charge < -0.3 is 0 Å². The fraction of sp³-hybridized carbons (Fsp3) is 0.667. The second-order valence-corrected chi connectivity index (χ2v) is 3.91. The lowest BCUT2D eigenvalue weighted by Crippen LogP contribution is -2.11. The number of halogens is 2. The molecule has 0 aromatic rings. The first-order valence-electron chi connectivity index (χ1n) is 3.08. The molecule has 0 aliphatic carbocycles. The van der Waals surface area contributed by atoms with Crippen LogP contribution in [-0.4, -0.2) is 15.7 Å². The van der Waals surface area contributed by atoms with E-state index in [2.05, 4.69) is 0 Å². The van der Waals surface area contributed by atoms with Gasteiger partial charge in [0.25, 0.3) is 6.08 Å². The zero-order valence-corrected chi connectivity index (χ0v) is 6.22. The van der Waals surface area contributed by atoms with E-state index in [1.165, 1.54) is 0 Å². The van der Waals surface area contributed by atoms with Gasteiger partial charge in [-0.1, -0.05) is 0 Å². The summed E-state index contributed by atoms with van der Waals surface area (Å²) in [5.41, 5.74) is 0.194. The number of hydrogen-bond acceptors (Lipinski definition) is 1. The predicted molar refractivity (Wildman–Crippen MR) is 36.4 cm³/mol. The molecule has 0 aromatic carbocycles. The molecule has 0 amide bonds. The van der Waals surface area contributed by atoms with Crippen LogP contribution in [0.4, 0.5) is 8.78 Å². The van der Waals surface area contributed by atoms with Crippen LogP contribution >= 0.6 is 0 Å². The molecule has 1 saturated heterocycles. The van der Waals surface area contributed by atoms with Crippen LogP contribution < -0.4 is 0 Å². The molecule has 10 heavy (non-hydrogen) atoms. The normalized spacial score (nSPS) is 26.6. The van der Waals surface area contributed by atoms with Gasteiger partial charge in [0, 0.05) is 22.3 Å². The summed E-state index contributed by atoms with van der Waals surface area (Å²) in [6.45, 7) is 0. The molecule has 0 atom stereocenters. The Hall–Kier alpha value is -0.250. The third kappa shape index (κ3) is 1.87. The van der Waals surface area contributed by atoms with E-state index in [9.17, 15) is 13.0 Å². The second kappa shape index (κ2) is 3.23. The van der Waals surface area contributed by atoms with E-state index in [1.54, 1.807) is 0 Å². The van der Waals surface area contributed by atoms with E-state index in [1.807, 2.05) is 0 Å². The van der Waals surface area contributed by atoms with Gasteiger partial charge in [-0.3, -0.25) is 4.21 Å². The summed E-state index contributed by atoms with van der Waals surface area (Å²) in [5, 5.41) is 0. The van der Waals surface area contributed by atoms with Crippen LogP contribution in [0.2, 0.25) is 0 Å². The highest BCUT2D eigenvalue weighted by Crippen LogP contribution is 2.20. The van der Waals surface area contributed by atoms with Crippen LogP contribution in [0.1, 0.15) is 12.8 Å². The summed E-state index contributed by atoms with van der Waals surface area (Å²) in [5.74, 6) is 0.819. The Morgan fingerprint density at radius 1 is 1.30 bits per heavy atom. The van der Waals surface area contributed by atoms with Gasteiger partial charge >= 0.3 is 0 Å². The Morgan fingerprint density at radius 2 is 1.80 bits per heavy atom. The van der Waals surface area contributed by atoms with Crippen LogP contribution in [0.3, 0.4) is 0 Å². The zero-order valence-electron chi connectivity index (χ0n) is 5.40. The van der Waals surface area contributed by atoms with Crippen molar-refractivity contribution in [2.75, 3.05) is 11.5 Å². The lowest BCUT2D eigenvalue weighted by Gasteiger charge is -2.11. The quantitative estimate of drug-likeness (QED) is 0.535. The van der Waals surface area contributed by atoms with E-state index in [-0.39, 0.29) is 5.57 Å². The molecule has 1 aliphatic rings. The van der Waals surface area contributed by atoms with Crippen molar-refractivity contribution in [3.05, 3.63) is 11.7 Å². The van der Waals surface area contributed by atoms with Crippen LogP contribution in [0.5, 0.6) is 0 Å². The number of hydrogen-bond donors (Lipinski definition) is 0. The van der Waals surface area contributed by atoms with Crippen molar-refractivity contribution < 1.29 is 13.0 Å². The molecule has 1 fully saturated rings. The molecule has 0 bridgehead atoms. The zero-order chi connectivity index (χ0) is 7.56. The number of allylic oxidation sites excluding steroid dienone is 1. The third-order valence-electron chi connectivity index (χ3n) is 1.53. The average Bonchev–Trinajstić information content (AvgIpc) is 1.88. The van der Waals surface area contributed by atoms with E-state index >= 15 is 0 Å². The SMILES string of the molecule is O=S1CCC(=C(F)F)CC1. The Balaban J connectivity index is 2.56. The topological polar surface area (TPSA) is 17.1 Å². The van der Waals surface area contributed by atoms with Gasteiger partial charge in [0.2, 0.25) is 0 Å². The van der Waals surface area contributed by atoms with Gasteiger partial charge in [-0.25, -0.2) is 0 Å². The molecule has 1 heterocycles. The summed E-state index contributed by atoms with van der Waals surface area (Å²) in [7, 11) is -0.845. The fourth-order valence-corrected chi connectivity index (χ4v) is 2.04. The van der Waals surface area contributed by atoms with Gasteiger partial charge in [0.1, 0.15) is 0 Å². The largest absolute Gasteiger partial charge is 0.269 e. The maximum Gasteiger partial charge on any atom is 0.269 e. The second-order valence-electron chi connectivity index (χ2n) is 2.21. The Labute approximate surface area is 60.6 Å². The van der Waals surface area contributed by atoms with E-state index in [0.717, 1.165) is 0 Å². The first-order chi connectivity index (χ1) is 4.70. The van der Waals surface area contributed by atoms with Gasteiger partial charge in [-0.15, -0.1) is 0 Å². The standard InChI is InChI=1S/C6H8F2OS/c7-6(8)5-1-3-10(9)4-2-5/h1-4H2. The predicted octanol–water partition coefficient (Wildman–Crippen LogP) is 1.68. The minimum atomic E-state index is -1.57. The molecule has 0 radical (unpaired) electrons. The van der Waals surface area contributed by atoms with Crippen LogP contribution in [0, 0.1) is 0 Å². The summed E-state index contributed by atoms with van der Waals surface area (Å²) in [6.07, 6.45) is -0.944. The van der Waals surface area contributed by atoms with E-state index in [0.29, 0.717) is 24.3 Å². The highest BCUT2D eigenvalue weighted by Gasteiger charge is 2.15. The van der Waals surface area contributed by atoms with Crippen molar-refractivity contribution >= 4 is 10.8 Å². The van der Waals surface area contributed by atoms with Crippen molar-refractivity contribution in [2.45, 2.75) is 12.8 Å². The maximum atomic E-state index is 11.8. The molecule has 0 spiro atoms. The van der Waals surface area contributed by atoms with Crippen molar-refractivity contribution in [3.63, 3.8) is 0 Å². The molecule has 4 heteroatoms. The Morgan fingerprint density at radius 3 is 2.20 bits per heavy atom. The molecular formula is C6H8F2OS. The minimum Gasteiger partial charge on any atom is -0.260 e. The Kier molecular flexibility index (Phi) is 2.54. The van der Waals surface area contributed by atoms with Crippen LogP contribution in [0.15, 0.2) is 11.7 Å². The first-order valence-corrected chi connectivity index (χ1v) is 4.57. The Bertz CT molecular complexity index is 172.